The standard InChI is InChI=1S/C16H17ClN6O5/c1-21-14(25)11(15(26)27)6-22(16(21)28)8-13-18-20-23(19-13)7-12(24)9-2-4-10(17)5-3-9/h2-6,12,16,24,28H,7-8H2,1H3,(H,26,27)/t12-,16?/m0/s1. The lowest BCUT2D eigenvalue weighted by Crippen LogP contribution is -2.51. The third-order valence-electron chi connectivity index (χ3n) is 4.13. The maximum atomic E-state index is 11.9. The molecule has 11 nitrogen and oxygen atoms in total. The molecule has 1 aromatic carbocycles. The number of carbonyl (C=O) groups is 2. The number of halogens is 1. The summed E-state index contributed by atoms with van der Waals surface area (Å²) in [4.78, 5) is 26.3. The molecule has 1 aliphatic heterocycles. The van der Waals surface area contributed by atoms with Crippen molar-refractivity contribution in [1.82, 2.24) is 30.0 Å². The molecule has 148 valence electrons. The number of rotatable bonds is 6. The van der Waals surface area contributed by atoms with E-state index in [0.717, 1.165) is 11.1 Å². The van der Waals surface area contributed by atoms with Gasteiger partial charge >= 0.3 is 5.97 Å². The van der Waals surface area contributed by atoms with Gasteiger partial charge in [0.25, 0.3) is 5.91 Å². The molecule has 1 aliphatic rings. The van der Waals surface area contributed by atoms with E-state index in [2.05, 4.69) is 15.4 Å². The molecule has 12 heteroatoms. The van der Waals surface area contributed by atoms with Gasteiger partial charge in [0.15, 0.2) is 5.82 Å². The zero-order valence-electron chi connectivity index (χ0n) is 14.7. The fraction of sp³-hybridized carbons (Fsp3) is 0.312. The molecule has 1 amide bonds. The van der Waals surface area contributed by atoms with Crippen molar-refractivity contribution in [2.75, 3.05) is 7.05 Å². The summed E-state index contributed by atoms with van der Waals surface area (Å²) in [6.07, 6.45) is -1.22. The zero-order chi connectivity index (χ0) is 20.4. The zero-order valence-corrected chi connectivity index (χ0v) is 15.4. The summed E-state index contributed by atoms with van der Waals surface area (Å²) in [5.74, 6) is -2.04. The lowest BCUT2D eigenvalue weighted by atomic mass is 10.1. The van der Waals surface area contributed by atoms with Gasteiger partial charge in [-0.3, -0.25) is 9.69 Å². The summed E-state index contributed by atoms with van der Waals surface area (Å²) in [5, 5.41) is 41.9. The van der Waals surface area contributed by atoms with E-state index in [1.54, 1.807) is 24.3 Å². The van der Waals surface area contributed by atoms with E-state index in [-0.39, 0.29) is 18.9 Å². The summed E-state index contributed by atoms with van der Waals surface area (Å²) in [5.41, 5.74) is 0.141. The molecule has 0 aliphatic carbocycles. The smallest absolute Gasteiger partial charge is 0.342 e. The molecule has 1 unspecified atom stereocenters. The van der Waals surface area contributed by atoms with E-state index in [0.29, 0.717) is 10.6 Å². The third kappa shape index (κ3) is 4.11. The predicted octanol–water partition coefficient (Wildman–Crippen LogP) is -0.422. The monoisotopic (exact) mass is 408 g/mol. The fourth-order valence-corrected chi connectivity index (χ4v) is 2.73. The number of likely N-dealkylation sites (N-methyl/N-ethyl adjacent to an activating group) is 1. The number of nitrogens with zero attached hydrogens (tertiary/aromatic N) is 6. The maximum absolute atomic E-state index is 11.9. The minimum Gasteiger partial charge on any atom is -0.477 e. The van der Waals surface area contributed by atoms with Gasteiger partial charge in [0, 0.05) is 18.3 Å². The summed E-state index contributed by atoms with van der Waals surface area (Å²) >= 11 is 5.82. The number of hydrogen-bond acceptors (Lipinski definition) is 8. The Balaban J connectivity index is 1.71. The van der Waals surface area contributed by atoms with Crippen molar-refractivity contribution < 1.29 is 24.9 Å². The molecule has 2 heterocycles. The van der Waals surface area contributed by atoms with Crippen molar-refractivity contribution in [2.24, 2.45) is 0 Å². The van der Waals surface area contributed by atoms with E-state index in [4.69, 9.17) is 16.7 Å². The minimum atomic E-state index is -1.41. The Morgan fingerprint density at radius 2 is 2.00 bits per heavy atom. The molecule has 2 atom stereocenters. The summed E-state index contributed by atoms with van der Waals surface area (Å²) in [6, 6.07) is 6.67. The molecule has 28 heavy (non-hydrogen) atoms. The van der Waals surface area contributed by atoms with Gasteiger partial charge in [0.2, 0.25) is 6.35 Å². The number of benzene rings is 1. The third-order valence-corrected chi connectivity index (χ3v) is 4.38. The molecule has 3 rings (SSSR count). The quantitative estimate of drug-likeness (QED) is 0.542. The van der Waals surface area contributed by atoms with E-state index < -0.39 is 29.9 Å². The van der Waals surface area contributed by atoms with Crippen LogP contribution < -0.4 is 0 Å². The Morgan fingerprint density at radius 1 is 1.32 bits per heavy atom. The van der Waals surface area contributed by atoms with Gasteiger partial charge in [-0.05, 0) is 22.9 Å². The average Bonchev–Trinajstić information content (AvgIpc) is 3.09. The predicted molar refractivity (Wildman–Crippen MR) is 94.3 cm³/mol. The number of aliphatic carboxylic acids is 1. The van der Waals surface area contributed by atoms with Crippen LogP contribution in [0.5, 0.6) is 0 Å². The van der Waals surface area contributed by atoms with E-state index in [1.807, 2.05) is 0 Å². The number of amides is 1. The van der Waals surface area contributed by atoms with Crippen LogP contribution in [0.15, 0.2) is 36.0 Å². The van der Waals surface area contributed by atoms with Gasteiger partial charge < -0.3 is 20.2 Å². The number of carboxylic acid groups (broad SMARTS) is 1. The van der Waals surface area contributed by atoms with Crippen LogP contribution in [0.1, 0.15) is 17.5 Å². The highest BCUT2D eigenvalue weighted by Gasteiger charge is 2.34. The number of aromatic nitrogens is 4. The summed E-state index contributed by atoms with van der Waals surface area (Å²) in [6.45, 7) is -0.0571. The van der Waals surface area contributed by atoms with Crippen molar-refractivity contribution in [1.29, 1.82) is 0 Å². The van der Waals surface area contributed by atoms with Crippen LogP contribution in [0, 0.1) is 0 Å². The number of hydrogen-bond donors (Lipinski definition) is 3. The highest BCUT2D eigenvalue weighted by molar-refractivity contribution is 6.30. The van der Waals surface area contributed by atoms with Gasteiger partial charge in [-0.25, -0.2) is 4.79 Å². The van der Waals surface area contributed by atoms with Crippen molar-refractivity contribution in [3.63, 3.8) is 0 Å². The Bertz CT molecular complexity index is 915. The number of aliphatic hydroxyl groups excluding tert-OH is 2. The van der Waals surface area contributed by atoms with Gasteiger partial charge in [-0.15, -0.1) is 10.2 Å². The topological polar surface area (TPSA) is 145 Å². The summed E-state index contributed by atoms with van der Waals surface area (Å²) in [7, 11) is 1.28. The molecular formula is C16H17ClN6O5. The minimum absolute atomic E-state index is 0.0335. The SMILES string of the molecule is CN1C(=O)C(C(=O)O)=CN(Cc2nnn(C[C@H](O)c3ccc(Cl)cc3)n2)C1O. The van der Waals surface area contributed by atoms with Crippen molar-refractivity contribution in [3.8, 4) is 0 Å². The Kier molecular flexibility index (Phi) is 5.58. The first-order valence-corrected chi connectivity index (χ1v) is 8.50. The second-order valence-electron chi connectivity index (χ2n) is 6.11. The average molecular weight is 409 g/mol. The van der Waals surface area contributed by atoms with Crippen molar-refractivity contribution in [3.05, 3.63) is 52.4 Å². The van der Waals surface area contributed by atoms with Crippen LogP contribution in [0.2, 0.25) is 5.02 Å². The molecule has 0 fully saturated rings. The normalized spacial score (nSPS) is 18.2. The highest BCUT2D eigenvalue weighted by Crippen LogP contribution is 2.19. The molecule has 0 saturated carbocycles. The van der Waals surface area contributed by atoms with E-state index in [1.165, 1.54) is 16.7 Å². The van der Waals surface area contributed by atoms with Crippen molar-refractivity contribution >= 4 is 23.5 Å². The van der Waals surface area contributed by atoms with Gasteiger partial charge in [-0.2, -0.15) is 4.80 Å². The summed E-state index contributed by atoms with van der Waals surface area (Å²) < 4.78 is 0. The highest BCUT2D eigenvalue weighted by atomic mass is 35.5. The van der Waals surface area contributed by atoms with E-state index >= 15 is 0 Å². The van der Waals surface area contributed by atoms with Gasteiger partial charge in [0.05, 0.1) is 13.1 Å². The number of aliphatic hydroxyl groups is 2. The Hall–Kier alpha value is -3.02. The molecule has 0 spiro atoms. The Labute approximate surface area is 164 Å². The molecule has 0 radical (unpaired) electrons. The van der Waals surface area contributed by atoms with Gasteiger partial charge in [-0.1, -0.05) is 23.7 Å². The molecule has 1 aromatic heterocycles. The van der Waals surface area contributed by atoms with Crippen LogP contribution in [-0.2, 0) is 22.7 Å². The Morgan fingerprint density at radius 3 is 2.64 bits per heavy atom. The van der Waals surface area contributed by atoms with Crippen molar-refractivity contribution in [2.45, 2.75) is 25.5 Å². The first-order chi connectivity index (χ1) is 13.3. The first-order valence-electron chi connectivity index (χ1n) is 8.12. The number of carbonyl (C=O) groups excluding carboxylic acids is 1. The second-order valence-corrected chi connectivity index (χ2v) is 6.55. The van der Waals surface area contributed by atoms with Crippen LogP contribution in [0.4, 0.5) is 0 Å². The second kappa shape index (κ2) is 7.92. The molecule has 0 bridgehead atoms. The molecule has 3 N–H and O–H groups in total. The first kappa shape index (κ1) is 19.7. The number of carboxylic acids is 1. The largest absolute Gasteiger partial charge is 0.477 e. The number of tetrazole rings is 1. The maximum Gasteiger partial charge on any atom is 0.342 e. The van der Waals surface area contributed by atoms with Crippen LogP contribution in [0.25, 0.3) is 0 Å². The lowest BCUT2D eigenvalue weighted by molar-refractivity contribution is -0.154. The molecular weight excluding hydrogens is 392 g/mol. The van der Waals surface area contributed by atoms with E-state index in [9.17, 15) is 19.8 Å². The fourth-order valence-electron chi connectivity index (χ4n) is 2.60. The van der Waals surface area contributed by atoms with Crippen LogP contribution in [-0.4, -0.2) is 70.6 Å². The molecule has 2 aromatic rings. The molecule has 0 saturated heterocycles. The lowest BCUT2D eigenvalue weighted by Gasteiger charge is -2.36. The van der Waals surface area contributed by atoms with Gasteiger partial charge in [0.1, 0.15) is 11.7 Å². The van der Waals surface area contributed by atoms with Crippen LogP contribution >= 0.6 is 11.6 Å². The van der Waals surface area contributed by atoms with Crippen LogP contribution in [0.3, 0.4) is 0 Å².